The lowest BCUT2D eigenvalue weighted by molar-refractivity contribution is -0.123. The van der Waals surface area contributed by atoms with Gasteiger partial charge in [-0.2, -0.15) is 0 Å². The quantitative estimate of drug-likeness (QED) is 0.663. The zero-order valence-corrected chi connectivity index (χ0v) is 12.5. The number of anilines is 2. The van der Waals surface area contributed by atoms with Crippen molar-refractivity contribution in [1.82, 2.24) is 0 Å². The Bertz CT molecular complexity index is 796. The second kappa shape index (κ2) is 7.03. The number of carbonyl (C=O) groups excluding carboxylic acids is 2. The van der Waals surface area contributed by atoms with Gasteiger partial charge in [-0.3, -0.25) is 4.79 Å². The van der Waals surface area contributed by atoms with Crippen LogP contribution in [0.4, 0.5) is 24.5 Å². The van der Waals surface area contributed by atoms with E-state index >= 15 is 0 Å². The molecule has 0 spiro atoms. The first-order valence-corrected chi connectivity index (χ1v) is 6.80. The molecule has 2 rings (SSSR count). The molecule has 0 heterocycles. The normalized spacial score (nSPS) is 11.7. The van der Waals surface area contributed by atoms with Gasteiger partial charge in [-0.1, -0.05) is 0 Å². The van der Waals surface area contributed by atoms with E-state index < -0.39 is 35.4 Å². The van der Waals surface area contributed by atoms with Crippen molar-refractivity contribution in [2.45, 2.75) is 13.0 Å². The number of rotatable bonds is 4. The third-order valence-corrected chi connectivity index (χ3v) is 3.07. The fourth-order valence-corrected chi connectivity index (χ4v) is 1.81. The molecule has 5 nitrogen and oxygen atoms in total. The van der Waals surface area contributed by atoms with Crippen LogP contribution in [0.3, 0.4) is 0 Å². The van der Waals surface area contributed by atoms with Crippen LogP contribution in [0.5, 0.6) is 0 Å². The molecule has 0 aliphatic rings. The van der Waals surface area contributed by atoms with E-state index in [4.69, 9.17) is 10.5 Å². The van der Waals surface area contributed by atoms with E-state index in [0.717, 1.165) is 36.4 Å². The maximum Gasteiger partial charge on any atom is 0.341 e. The van der Waals surface area contributed by atoms with Crippen molar-refractivity contribution in [1.29, 1.82) is 0 Å². The molecule has 3 N–H and O–H groups in total. The molecule has 0 saturated heterocycles. The number of carbonyl (C=O) groups is 2. The summed E-state index contributed by atoms with van der Waals surface area (Å²) in [6.07, 6.45) is -1.24. The highest BCUT2D eigenvalue weighted by Crippen LogP contribution is 2.17. The monoisotopic (exact) mass is 338 g/mol. The first-order chi connectivity index (χ1) is 11.3. The number of hydrogen-bond acceptors (Lipinski definition) is 4. The Morgan fingerprint density at radius 1 is 1.08 bits per heavy atom. The van der Waals surface area contributed by atoms with Gasteiger partial charge in [0.25, 0.3) is 5.91 Å². The Kier molecular flexibility index (Phi) is 5.08. The number of amides is 1. The van der Waals surface area contributed by atoms with Gasteiger partial charge in [-0.05, 0) is 37.3 Å². The van der Waals surface area contributed by atoms with Crippen LogP contribution >= 0.6 is 0 Å². The molecule has 0 aliphatic carbocycles. The standard InChI is InChI=1S/C16H13F3N2O3/c1-8(15(22)21-10-3-5-12(18)13(19)7-10)24-16(23)11-4-2-9(17)6-14(11)20/h2-8H,20H2,1H3,(H,21,22)/t8-/m0/s1. The average Bonchev–Trinajstić information content (AvgIpc) is 2.50. The van der Waals surface area contributed by atoms with Crippen molar-refractivity contribution in [3.63, 3.8) is 0 Å². The predicted octanol–water partition coefficient (Wildman–Crippen LogP) is 2.87. The highest BCUT2D eigenvalue weighted by molar-refractivity contribution is 5.99. The first kappa shape index (κ1) is 17.3. The third-order valence-electron chi connectivity index (χ3n) is 3.07. The Labute approximate surface area is 135 Å². The zero-order chi connectivity index (χ0) is 17.9. The minimum absolute atomic E-state index is 0.00287. The molecular weight excluding hydrogens is 325 g/mol. The minimum atomic E-state index is -1.24. The van der Waals surface area contributed by atoms with E-state index in [-0.39, 0.29) is 16.9 Å². The summed E-state index contributed by atoms with van der Waals surface area (Å²) in [5, 5.41) is 2.28. The van der Waals surface area contributed by atoms with E-state index in [9.17, 15) is 22.8 Å². The molecule has 126 valence electrons. The van der Waals surface area contributed by atoms with Crippen LogP contribution in [0.25, 0.3) is 0 Å². The van der Waals surface area contributed by atoms with E-state index in [2.05, 4.69) is 5.32 Å². The van der Waals surface area contributed by atoms with Crippen molar-refractivity contribution in [3.05, 3.63) is 59.4 Å². The largest absolute Gasteiger partial charge is 0.449 e. The van der Waals surface area contributed by atoms with Crippen molar-refractivity contribution in [2.24, 2.45) is 0 Å². The maximum atomic E-state index is 13.1. The molecule has 1 amide bonds. The molecule has 2 aromatic carbocycles. The predicted molar refractivity (Wildman–Crippen MR) is 80.7 cm³/mol. The van der Waals surface area contributed by atoms with Crippen molar-refractivity contribution in [2.75, 3.05) is 11.1 Å². The maximum absolute atomic E-state index is 13.1. The van der Waals surface area contributed by atoms with E-state index in [1.165, 1.54) is 6.92 Å². The number of nitrogen functional groups attached to an aromatic ring is 1. The van der Waals surface area contributed by atoms with E-state index in [1.54, 1.807) is 0 Å². The Morgan fingerprint density at radius 2 is 1.79 bits per heavy atom. The molecule has 24 heavy (non-hydrogen) atoms. The van der Waals surface area contributed by atoms with Gasteiger partial charge in [-0.25, -0.2) is 18.0 Å². The van der Waals surface area contributed by atoms with E-state index in [0.29, 0.717) is 0 Å². The second-order valence-corrected chi connectivity index (χ2v) is 4.90. The molecule has 0 unspecified atom stereocenters. The van der Waals surface area contributed by atoms with Crippen molar-refractivity contribution < 1.29 is 27.5 Å². The Balaban J connectivity index is 2.02. The van der Waals surface area contributed by atoms with Gasteiger partial charge in [0.05, 0.1) is 5.56 Å². The molecule has 0 saturated carbocycles. The summed E-state index contributed by atoms with van der Waals surface area (Å²) in [5.41, 5.74) is 5.29. The number of ether oxygens (including phenoxy) is 1. The van der Waals surface area contributed by atoms with Gasteiger partial charge >= 0.3 is 5.97 Å². The van der Waals surface area contributed by atoms with Gasteiger partial charge in [-0.15, -0.1) is 0 Å². The van der Waals surface area contributed by atoms with Gasteiger partial charge < -0.3 is 15.8 Å². The Morgan fingerprint density at radius 3 is 2.42 bits per heavy atom. The van der Waals surface area contributed by atoms with Crippen molar-refractivity contribution in [3.8, 4) is 0 Å². The highest BCUT2D eigenvalue weighted by Gasteiger charge is 2.21. The lowest BCUT2D eigenvalue weighted by Gasteiger charge is -2.14. The number of nitrogens with two attached hydrogens (primary N) is 1. The molecule has 0 aromatic heterocycles. The Hall–Kier alpha value is -3.03. The fraction of sp³-hybridized carbons (Fsp3) is 0.125. The summed E-state index contributed by atoms with van der Waals surface area (Å²) >= 11 is 0. The fourth-order valence-electron chi connectivity index (χ4n) is 1.81. The summed E-state index contributed by atoms with van der Waals surface area (Å²) in [5.74, 6) is -4.47. The van der Waals surface area contributed by atoms with E-state index in [1.807, 2.05) is 0 Å². The third kappa shape index (κ3) is 4.03. The number of benzene rings is 2. The van der Waals surface area contributed by atoms with Crippen LogP contribution in [0.15, 0.2) is 36.4 Å². The summed E-state index contributed by atoms with van der Waals surface area (Å²) in [6, 6.07) is 5.90. The van der Waals surface area contributed by atoms with Crippen LogP contribution in [0.2, 0.25) is 0 Å². The van der Waals surface area contributed by atoms with Crippen LogP contribution < -0.4 is 11.1 Å². The first-order valence-electron chi connectivity index (χ1n) is 6.80. The molecule has 0 bridgehead atoms. The summed E-state index contributed by atoms with van der Waals surface area (Å²) in [6.45, 7) is 1.28. The van der Waals surface area contributed by atoms with Crippen LogP contribution in [-0.4, -0.2) is 18.0 Å². The van der Waals surface area contributed by atoms with Gasteiger partial charge in [0.2, 0.25) is 0 Å². The number of hydrogen-bond donors (Lipinski definition) is 2. The minimum Gasteiger partial charge on any atom is -0.449 e. The number of nitrogens with one attached hydrogen (secondary N) is 1. The molecule has 2 aromatic rings. The lowest BCUT2D eigenvalue weighted by atomic mass is 10.2. The molecule has 0 fully saturated rings. The topological polar surface area (TPSA) is 81.4 Å². The second-order valence-electron chi connectivity index (χ2n) is 4.90. The molecular formula is C16H13F3N2O3. The number of esters is 1. The van der Waals surface area contributed by atoms with Crippen LogP contribution in [-0.2, 0) is 9.53 Å². The van der Waals surface area contributed by atoms with Crippen LogP contribution in [0.1, 0.15) is 17.3 Å². The summed E-state index contributed by atoms with van der Waals surface area (Å²) < 4.78 is 43.8. The smallest absolute Gasteiger partial charge is 0.341 e. The highest BCUT2D eigenvalue weighted by atomic mass is 19.2. The van der Waals surface area contributed by atoms with Gasteiger partial charge in [0, 0.05) is 17.4 Å². The lowest BCUT2D eigenvalue weighted by Crippen LogP contribution is -2.30. The zero-order valence-electron chi connectivity index (χ0n) is 12.5. The molecule has 0 aliphatic heterocycles. The van der Waals surface area contributed by atoms with Crippen LogP contribution in [0, 0.1) is 17.5 Å². The number of halogens is 3. The SMILES string of the molecule is C[C@H](OC(=O)c1ccc(F)cc1N)C(=O)Nc1ccc(F)c(F)c1. The van der Waals surface area contributed by atoms with Crippen molar-refractivity contribution >= 4 is 23.3 Å². The molecule has 1 atom stereocenters. The van der Waals surface area contributed by atoms with Gasteiger partial charge in [0.1, 0.15) is 5.82 Å². The molecule has 0 radical (unpaired) electrons. The molecule has 8 heteroatoms. The average molecular weight is 338 g/mol. The summed E-state index contributed by atoms with van der Waals surface area (Å²) in [4.78, 5) is 23.8. The summed E-state index contributed by atoms with van der Waals surface area (Å²) in [7, 11) is 0. The van der Waals surface area contributed by atoms with Gasteiger partial charge in [0.15, 0.2) is 17.7 Å².